The van der Waals surface area contributed by atoms with Gasteiger partial charge in [0, 0.05) is 37.9 Å². The summed E-state index contributed by atoms with van der Waals surface area (Å²) in [6.07, 6.45) is 6.45. The quantitative estimate of drug-likeness (QED) is 0.618. The molecule has 0 unspecified atom stereocenters. The van der Waals surface area contributed by atoms with Crippen molar-refractivity contribution in [3.05, 3.63) is 23.8 Å². The monoisotopic (exact) mass is 416 g/mol. The highest BCUT2D eigenvalue weighted by Gasteiger charge is 2.41. The molecule has 166 valence electrons. The number of methoxy groups -OCH3 is 1. The molecule has 2 aliphatic rings. The third kappa shape index (κ3) is 4.64. The fraction of sp³-hybridized carbons (Fsp3) is 0.667. The third-order valence-electron chi connectivity index (χ3n) is 6.11. The van der Waals surface area contributed by atoms with Gasteiger partial charge in [-0.1, -0.05) is 19.3 Å². The lowest BCUT2D eigenvalue weighted by atomic mass is 9.92. The molecule has 1 saturated carbocycles. The molecule has 0 N–H and O–H groups in total. The predicted octanol–water partition coefficient (Wildman–Crippen LogP) is 4.41. The molecule has 0 atom stereocenters. The van der Waals surface area contributed by atoms with E-state index in [-0.39, 0.29) is 23.9 Å². The first-order chi connectivity index (χ1) is 14.3. The van der Waals surface area contributed by atoms with Crippen LogP contribution in [-0.4, -0.2) is 54.7 Å². The van der Waals surface area contributed by atoms with E-state index >= 15 is 0 Å². The summed E-state index contributed by atoms with van der Waals surface area (Å²) in [4.78, 5) is 30.3. The first-order valence-electron chi connectivity index (χ1n) is 11.2. The van der Waals surface area contributed by atoms with Crippen molar-refractivity contribution >= 4 is 17.5 Å². The van der Waals surface area contributed by atoms with E-state index in [1.807, 2.05) is 23.1 Å². The third-order valence-corrected chi connectivity index (χ3v) is 6.11. The highest BCUT2D eigenvalue weighted by molar-refractivity contribution is 6.04. The van der Waals surface area contributed by atoms with Crippen LogP contribution in [-0.2, 0) is 9.53 Å². The van der Waals surface area contributed by atoms with Crippen molar-refractivity contribution in [2.24, 2.45) is 0 Å². The van der Waals surface area contributed by atoms with Gasteiger partial charge >= 0.3 is 0 Å². The number of carbonyl (C=O) groups excluding carboxylic acids is 2. The highest BCUT2D eigenvalue weighted by Crippen LogP contribution is 2.39. The van der Waals surface area contributed by atoms with Crippen LogP contribution in [0, 0.1) is 0 Å². The van der Waals surface area contributed by atoms with Crippen LogP contribution in [0.3, 0.4) is 0 Å². The second-order valence-electron chi connectivity index (χ2n) is 9.20. The lowest BCUT2D eigenvalue weighted by molar-refractivity contribution is -0.132. The maximum absolute atomic E-state index is 13.5. The molecule has 0 saturated heterocycles. The Hall–Kier alpha value is -2.08. The van der Waals surface area contributed by atoms with Gasteiger partial charge in [0.05, 0.1) is 5.69 Å². The molecule has 1 aromatic rings. The van der Waals surface area contributed by atoms with Crippen LogP contribution < -0.4 is 9.64 Å². The molecule has 6 heteroatoms. The van der Waals surface area contributed by atoms with E-state index in [0.29, 0.717) is 30.2 Å². The largest absolute Gasteiger partial charge is 0.476 e. The standard InChI is InChI=1S/C24H36N2O4/c1-17(2)26(19-10-7-6-8-11-19)22(27)18-12-13-21-20(16-18)25(14-9-15-29-5)23(28)24(3,4)30-21/h12-13,16-17,19H,6-11,14-15H2,1-5H3. The Bertz CT molecular complexity index is 768. The number of nitrogens with zero attached hydrogens (tertiary/aromatic N) is 2. The van der Waals surface area contributed by atoms with E-state index in [9.17, 15) is 9.59 Å². The van der Waals surface area contributed by atoms with E-state index in [1.165, 1.54) is 19.3 Å². The van der Waals surface area contributed by atoms with Gasteiger partial charge in [0.1, 0.15) is 5.75 Å². The molecular formula is C24H36N2O4. The number of hydrogen-bond acceptors (Lipinski definition) is 4. The maximum Gasteiger partial charge on any atom is 0.270 e. The summed E-state index contributed by atoms with van der Waals surface area (Å²) in [5, 5.41) is 0. The number of amides is 2. The predicted molar refractivity (Wildman–Crippen MR) is 118 cm³/mol. The van der Waals surface area contributed by atoms with Crippen LogP contribution in [0.4, 0.5) is 5.69 Å². The number of anilines is 1. The smallest absolute Gasteiger partial charge is 0.270 e. The average Bonchev–Trinajstić information content (AvgIpc) is 2.71. The lowest BCUT2D eigenvalue weighted by Crippen LogP contribution is -2.53. The van der Waals surface area contributed by atoms with Crippen LogP contribution in [0.25, 0.3) is 0 Å². The SMILES string of the molecule is COCCCN1C(=O)C(C)(C)Oc2ccc(C(=O)N(C(C)C)C3CCCCC3)cc21. The van der Waals surface area contributed by atoms with E-state index in [1.54, 1.807) is 25.9 Å². The van der Waals surface area contributed by atoms with Gasteiger partial charge < -0.3 is 19.3 Å². The zero-order chi connectivity index (χ0) is 21.9. The maximum atomic E-state index is 13.5. The van der Waals surface area contributed by atoms with Crippen molar-refractivity contribution in [1.29, 1.82) is 0 Å². The zero-order valence-corrected chi connectivity index (χ0v) is 19.1. The summed E-state index contributed by atoms with van der Waals surface area (Å²) in [6.45, 7) is 8.82. The molecule has 1 aromatic carbocycles. The minimum absolute atomic E-state index is 0.0359. The fourth-order valence-corrected chi connectivity index (χ4v) is 4.62. The van der Waals surface area contributed by atoms with Crippen LogP contribution in [0.5, 0.6) is 5.75 Å². The number of rotatable bonds is 7. The molecule has 6 nitrogen and oxygen atoms in total. The van der Waals surface area contributed by atoms with Gasteiger partial charge in [-0.15, -0.1) is 0 Å². The van der Waals surface area contributed by atoms with Gasteiger partial charge in [-0.25, -0.2) is 0 Å². The Labute approximate surface area is 180 Å². The van der Waals surface area contributed by atoms with Crippen molar-refractivity contribution < 1.29 is 19.1 Å². The second kappa shape index (κ2) is 9.38. The van der Waals surface area contributed by atoms with E-state index in [4.69, 9.17) is 9.47 Å². The minimum atomic E-state index is -0.933. The minimum Gasteiger partial charge on any atom is -0.476 e. The molecule has 1 fully saturated rings. The molecule has 3 rings (SSSR count). The second-order valence-corrected chi connectivity index (χ2v) is 9.20. The van der Waals surface area contributed by atoms with E-state index in [2.05, 4.69) is 13.8 Å². The van der Waals surface area contributed by atoms with Gasteiger partial charge in [0.25, 0.3) is 11.8 Å². The summed E-state index contributed by atoms with van der Waals surface area (Å²) >= 11 is 0. The molecule has 0 bridgehead atoms. The Kier molecular flexibility index (Phi) is 7.06. The molecule has 30 heavy (non-hydrogen) atoms. The molecule has 1 aliphatic carbocycles. The summed E-state index contributed by atoms with van der Waals surface area (Å²) < 4.78 is 11.1. The Morgan fingerprint density at radius 2 is 1.97 bits per heavy atom. The first-order valence-corrected chi connectivity index (χ1v) is 11.2. The van der Waals surface area contributed by atoms with Crippen LogP contribution in [0.2, 0.25) is 0 Å². The van der Waals surface area contributed by atoms with E-state index < -0.39 is 5.60 Å². The first kappa shape index (κ1) is 22.6. The average molecular weight is 417 g/mol. The summed E-state index contributed by atoms with van der Waals surface area (Å²) in [7, 11) is 1.65. The van der Waals surface area contributed by atoms with Crippen molar-refractivity contribution in [2.75, 3.05) is 25.2 Å². The van der Waals surface area contributed by atoms with Crippen LogP contribution in [0.1, 0.15) is 76.6 Å². The van der Waals surface area contributed by atoms with Crippen molar-refractivity contribution in [3.63, 3.8) is 0 Å². The molecule has 0 aromatic heterocycles. The van der Waals surface area contributed by atoms with Crippen molar-refractivity contribution in [2.45, 2.75) is 83.9 Å². The van der Waals surface area contributed by atoms with Gasteiger partial charge in [-0.3, -0.25) is 9.59 Å². The van der Waals surface area contributed by atoms with Gasteiger partial charge in [-0.05, 0) is 65.2 Å². The molecule has 0 spiro atoms. The Morgan fingerprint density at radius 1 is 1.27 bits per heavy atom. The molecular weight excluding hydrogens is 380 g/mol. The number of carbonyl (C=O) groups is 2. The lowest BCUT2D eigenvalue weighted by Gasteiger charge is -2.40. The Morgan fingerprint density at radius 3 is 2.60 bits per heavy atom. The van der Waals surface area contributed by atoms with Crippen LogP contribution >= 0.6 is 0 Å². The summed E-state index contributed by atoms with van der Waals surface area (Å²) in [5.41, 5.74) is 0.354. The summed E-state index contributed by atoms with van der Waals surface area (Å²) in [6, 6.07) is 5.91. The topological polar surface area (TPSA) is 59.1 Å². The zero-order valence-electron chi connectivity index (χ0n) is 19.1. The number of benzene rings is 1. The van der Waals surface area contributed by atoms with Gasteiger partial charge in [0.2, 0.25) is 0 Å². The van der Waals surface area contributed by atoms with Crippen LogP contribution in [0.15, 0.2) is 18.2 Å². The van der Waals surface area contributed by atoms with E-state index in [0.717, 1.165) is 19.3 Å². The fourth-order valence-electron chi connectivity index (χ4n) is 4.62. The van der Waals surface area contributed by atoms with Crippen molar-refractivity contribution in [1.82, 2.24) is 4.90 Å². The summed E-state index contributed by atoms with van der Waals surface area (Å²) in [5.74, 6) is 0.583. The van der Waals surface area contributed by atoms with Gasteiger partial charge in [0.15, 0.2) is 5.60 Å². The van der Waals surface area contributed by atoms with Crippen molar-refractivity contribution in [3.8, 4) is 5.75 Å². The number of fused-ring (bicyclic) bond motifs is 1. The van der Waals surface area contributed by atoms with Gasteiger partial charge in [-0.2, -0.15) is 0 Å². The molecule has 2 amide bonds. The highest BCUT2D eigenvalue weighted by atomic mass is 16.5. The number of ether oxygens (including phenoxy) is 2. The molecule has 0 radical (unpaired) electrons. The Balaban J connectivity index is 1.92. The normalized spacial score (nSPS) is 18.9. The number of hydrogen-bond donors (Lipinski definition) is 0. The molecule has 1 heterocycles. The molecule has 1 aliphatic heterocycles.